The standard InChI is InChI=1S/C21H20BClNO8P/c1-24-6-5-10(15(27)9-24)18-13(25)8-17(32-33(28,29)30)19-14(26)7-16(31-21(18)19)11-3-2-4-12(22)20(11)23/h2-4,7-8,10,15,25,27H,5-6,9H2,1H3,(H2,28,29,30). The highest BCUT2D eigenvalue weighted by molar-refractivity contribution is 7.46. The minimum atomic E-state index is -5.07. The molecule has 4 rings (SSSR count). The number of phenols is 1. The topological polar surface area (TPSA) is 141 Å². The van der Waals surface area contributed by atoms with E-state index in [1.807, 2.05) is 11.9 Å². The molecule has 1 aliphatic heterocycles. The average Bonchev–Trinajstić information content (AvgIpc) is 2.69. The van der Waals surface area contributed by atoms with E-state index in [2.05, 4.69) is 4.52 Å². The number of piperidine rings is 1. The fraction of sp³-hybridized carbons (Fsp3) is 0.286. The Morgan fingerprint density at radius 1 is 1.30 bits per heavy atom. The SMILES string of the molecule is [B]c1cccc(-c2cc(=O)c3c(OP(=O)(O)O)cc(O)c(C4CCN(C)CC4O)c3o2)c1Cl. The third-order valence-electron chi connectivity index (χ3n) is 5.65. The van der Waals surface area contributed by atoms with E-state index in [0.29, 0.717) is 25.1 Å². The molecule has 1 saturated heterocycles. The van der Waals surface area contributed by atoms with Gasteiger partial charge in [0.1, 0.15) is 36.1 Å². The Hall–Kier alpha value is -2.33. The first-order valence-corrected chi connectivity index (χ1v) is 11.9. The first-order valence-electron chi connectivity index (χ1n) is 9.96. The summed E-state index contributed by atoms with van der Waals surface area (Å²) in [5, 5.41) is 21.4. The van der Waals surface area contributed by atoms with Crippen LogP contribution < -0.4 is 15.4 Å². The number of phenolic OH excluding ortho intramolecular Hbond substituents is 1. The van der Waals surface area contributed by atoms with Crippen LogP contribution in [0.2, 0.25) is 5.02 Å². The summed E-state index contributed by atoms with van der Waals surface area (Å²) in [7, 11) is 2.64. The molecular formula is C21H20BClNO8P. The summed E-state index contributed by atoms with van der Waals surface area (Å²) in [5.74, 6) is -1.55. The number of aliphatic hydroxyl groups is 1. The number of halogens is 1. The summed E-state index contributed by atoms with van der Waals surface area (Å²) in [5.41, 5.74) is -0.136. The van der Waals surface area contributed by atoms with E-state index in [9.17, 15) is 29.4 Å². The Kier molecular flexibility index (Phi) is 6.35. The Labute approximate surface area is 194 Å². The molecule has 1 aromatic heterocycles. The van der Waals surface area contributed by atoms with Crippen molar-refractivity contribution in [2.45, 2.75) is 18.4 Å². The lowest BCUT2D eigenvalue weighted by atomic mass is 9.85. The largest absolute Gasteiger partial charge is 0.524 e. The van der Waals surface area contributed by atoms with Crippen LogP contribution in [0.3, 0.4) is 0 Å². The highest BCUT2D eigenvalue weighted by atomic mass is 35.5. The predicted octanol–water partition coefficient (Wildman–Crippen LogP) is 1.86. The lowest BCUT2D eigenvalue weighted by molar-refractivity contribution is 0.0630. The van der Waals surface area contributed by atoms with Crippen molar-refractivity contribution < 1.29 is 33.5 Å². The van der Waals surface area contributed by atoms with Crippen molar-refractivity contribution in [1.29, 1.82) is 0 Å². The molecule has 1 aliphatic rings. The molecule has 3 aromatic rings. The molecule has 0 bridgehead atoms. The molecule has 0 spiro atoms. The molecule has 172 valence electrons. The highest BCUT2D eigenvalue weighted by Gasteiger charge is 2.34. The van der Waals surface area contributed by atoms with E-state index in [-0.39, 0.29) is 32.8 Å². The van der Waals surface area contributed by atoms with Gasteiger partial charge in [0.15, 0.2) is 5.43 Å². The molecule has 0 amide bonds. The van der Waals surface area contributed by atoms with Gasteiger partial charge in [-0.2, -0.15) is 0 Å². The van der Waals surface area contributed by atoms with Crippen LogP contribution in [0, 0.1) is 0 Å². The van der Waals surface area contributed by atoms with Crippen LogP contribution in [0.5, 0.6) is 11.5 Å². The van der Waals surface area contributed by atoms with Crippen molar-refractivity contribution in [3.05, 3.63) is 51.1 Å². The van der Waals surface area contributed by atoms with Crippen LogP contribution in [-0.4, -0.2) is 59.0 Å². The number of aliphatic hydroxyl groups excluding tert-OH is 1. The number of phosphoric acid groups is 1. The Morgan fingerprint density at radius 3 is 2.70 bits per heavy atom. The summed E-state index contributed by atoms with van der Waals surface area (Å²) in [6.45, 7) is 0.922. The summed E-state index contributed by atoms with van der Waals surface area (Å²) >= 11 is 6.30. The molecule has 0 saturated carbocycles. The fourth-order valence-electron chi connectivity index (χ4n) is 4.16. The second kappa shape index (κ2) is 8.79. The molecule has 2 aromatic carbocycles. The number of hydrogen-bond donors (Lipinski definition) is 4. The monoisotopic (exact) mass is 491 g/mol. The van der Waals surface area contributed by atoms with Crippen molar-refractivity contribution >= 4 is 43.7 Å². The smallest absolute Gasteiger partial charge is 0.507 e. The molecule has 2 unspecified atom stereocenters. The maximum atomic E-state index is 13.1. The Morgan fingerprint density at radius 2 is 2.03 bits per heavy atom. The van der Waals surface area contributed by atoms with Crippen LogP contribution in [-0.2, 0) is 4.57 Å². The van der Waals surface area contributed by atoms with E-state index in [1.165, 1.54) is 0 Å². The first-order chi connectivity index (χ1) is 15.5. The normalized spacial score (nSPS) is 19.7. The van der Waals surface area contributed by atoms with Crippen molar-refractivity contribution in [1.82, 2.24) is 4.90 Å². The molecule has 4 N–H and O–H groups in total. The molecule has 9 nitrogen and oxygen atoms in total. The summed E-state index contributed by atoms with van der Waals surface area (Å²) < 4.78 is 22.2. The summed E-state index contributed by atoms with van der Waals surface area (Å²) in [6, 6.07) is 6.83. The maximum Gasteiger partial charge on any atom is 0.524 e. The highest BCUT2D eigenvalue weighted by Crippen LogP contribution is 2.47. The van der Waals surface area contributed by atoms with Gasteiger partial charge in [-0.25, -0.2) is 4.57 Å². The minimum Gasteiger partial charge on any atom is -0.507 e. The number of rotatable bonds is 4. The van der Waals surface area contributed by atoms with Gasteiger partial charge in [-0.1, -0.05) is 29.2 Å². The van der Waals surface area contributed by atoms with Crippen LogP contribution in [0.1, 0.15) is 17.9 Å². The van der Waals surface area contributed by atoms with Gasteiger partial charge in [0.2, 0.25) is 0 Å². The van der Waals surface area contributed by atoms with Gasteiger partial charge in [0.25, 0.3) is 0 Å². The van der Waals surface area contributed by atoms with E-state index in [0.717, 1.165) is 12.1 Å². The summed E-state index contributed by atoms with van der Waals surface area (Å²) in [6.07, 6.45) is -0.456. The van der Waals surface area contributed by atoms with Crippen LogP contribution >= 0.6 is 19.4 Å². The number of benzene rings is 2. The lowest BCUT2D eigenvalue weighted by Crippen LogP contribution is -2.40. The van der Waals surface area contributed by atoms with Crippen LogP contribution in [0.15, 0.2) is 39.5 Å². The third-order valence-corrected chi connectivity index (χ3v) is 6.51. The van der Waals surface area contributed by atoms with Crippen molar-refractivity contribution in [2.75, 3.05) is 20.1 Å². The Balaban J connectivity index is 2.04. The number of fused-ring (bicyclic) bond motifs is 1. The van der Waals surface area contributed by atoms with Gasteiger partial charge < -0.3 is 24.1 Å². The second-order valence-corrected chi connectivity index (χ2v) is 9.54. The molecule has 2 atom stereocenters. The minimum absolute atomic E-state index is 0.0289. The predicted molar refractivity (Wildman–Crippen MR) is 124 cm³/mol. The second-order valence-electron chi connectivity index (χ2n) is 8.00. The first kappa shape index (κ1) is 23.8. The fourth-order valence-corrected chi connectivity index (χ4v) is 4.78. The van der Waals surface area contributed by atoms with E-state index < -0.39 is 36.8 Å². The van der Waals surface area contributed by atoms with E-state index in [1.54, 1.807) is 18.2 Å². The number of likely N-dealkylation sites (tertiary alicyclic amines) is 1. The van der Waals surface area contributed by atoms with Crippen LogP contribution in [0.25, 0.3) is 22.3 Å². The maximum absolute atomic E-state index is 13.1. The van der Waals surface area contributed by atoms with Gasteiger partial charge >= 0.3 is 7.82 Å². The van der Waals surface area contributed by atoms with Crippen molar-refractivity contribution in [2.24, 2.45) is 0 Å². The molecule has 1 fully saturated rings. The van der Waals surface area contributed by atoms with Crippen molar-refractivity contribution in [3.8, 4) is 22.8 Å². The molecule has 33 heavy (non-hydrogen) atoms. The molecule has 2 radical (unpaired) electrons. The van der Waals surface area contributed by atoms with Gasteiger partial charge in [0, 0.05) is 40.7 Å². The third kappa shape index (κ3) is 4.68. The number of nitrogens with zero attached hydrogens (tertiary/aromatic N) is 1. The van der Waals surface area contributed by atoms with E-state index >= 15 is 0 Å². The van der Waals surface area contributed by atoms with Crippen molar-refractivity contribution in [3.63, 3.8) is 0 Å². The van der Waals surface area contributed by atoms with E-state index in [4.69, 9.17) is 23.9 Å². The average molecular weight is 492 g/mol. The van der Waals surface area contributed by atoms with Crippen LogP contribution in [0.4, 0.5) is 0 Å². The Bertz CT molecular complexity index is 1340. The van der Waals surface area contributed by atoms with Gasteiger partial charge in [-0.15, -0.1) is 0 Å². The lowest BCUT2D eigenvalue weighted by Gasteiger charge is -2.34. The number of hydrogen-bond acceptors (Lipinski definition) is 7. The van der Waals surface area contributed by atoms with Gasteiger partial charge in [0.05, 0.1) is 6.10 Å². The zero-order valence-electron chi connectivity index (χ0n) is 17.4. The molecule has 2 heterocycles. The zero-order valence-corrected chi connectivity index (χ0v) is 19.1. The number of β-amino-alcohol motifs (C(OH)–C–C–N with tert-alkyl or cyclic N) is 1. The molecule has 12 heteroatoms. The summed E-state index contributed by atoms with van der Waals surface area (Å²) in [4.78, 5) is 33.7. The molecular weight excluding hydrogens is 471 g/mol. The van der Waals surface area contributed by atoms with Gasteiger partial charge in [-0.3, -0.25) is 14.6 Å². The quantitative estimate of drug-likeness (QED) is 0.318. The number of likely N-dealkylation sites (N-methyl/N-ethyl adjacent to an activating group) is 1. The van der Waals surface area contributed by atoms with Gasteiger partial charge in [-0.05, 0) is 26.1 Å². The number of aromatic hydroxyl groups is 1. The molecule has 0 aliphatic carbocycles. The zero-order chi connectivity index (χ0) is 24.1. The number of phosphoric ester groups is 1.